The summed E-state index contributed by atoms with van der Waals surface area (Å²) in [4.78, 5) is 14.7. The summed E-state index contributed by atoms with van der Waals surface area (Å²) in [6.45, 7) is 3.21. The fourth-order valence-corrected chi connectivity index (χ4v) is 5.29. The number of hydrogen-bond acceptors (Lipinski definition) is 3. The summed E-state index contributed by atoms with van der Waals surface area (Å²) < 4.78 is 5.80. The number of Topliss-reactive ketones (excluding diaryl/α,β-unsaturated/α-hetero) is 1. The van der Waals surface area contributed by atoms with Crippen LogP contribution in [0.4, 0.5) is 5.69 Å². The molecule has 3 aliphatic rings. The third-order valence-corrected chi connectivity index (χ3v) is 6.65. The van der Waals surface area contributed by atoms with Crippen LogP contribution in [-0.4, -0.2) is 31.0 Å². The fraction of sp³-hybridized carbons (Fsp3) is 0.632. The molecule has 0 bridgehead atoms. The molecule has 1 aromatic rings. The van der Waals surface area contributed by atoms with Crippen molar-refractivity contribution in [2.75, 3.05) is 25.4 Å². The third kappa shape index (κ3) is 2.60. The minimum atomic E-state index is 0.155. The predicted octanol–water partition coefficient (Wildman–Crippen LogP) is 2.42. The van der Waals surface area contributed by atoms with Crippen LogP contribution in [0.25, 0.3) is 0 Å². The van der Waals surface area contributed by atoms with E-state index in [4.69, 9.17) is 22.1 Å². The highest BCUT2D eigenvalue weighted by Crippen LogP contribution is 2.39. The Morgan fingerprint density at radius 1 is 1.29 bits per heavy atom. The molecule has 3 N–H and O–H groups in total. The Morgan fingerprint density at radius 3 is 2.79 bits per heavy atom. The van der Waals surface area contributed by atoms with E-state index in [9.17, 15) is 4.79 Å². The Kier molecular flexibility index (Phi) is 4.21. The van der Waals surface area contributed by atoms with Gasteiger partial charge in [0.15, 0.2) is 5.78 Å². The minimum Gasteiger partial charge on any atom is -0.492 e. The zero-order chi connectivity index (χ0) is 16.7. The highest BCUT2D eigenvalue weighted by atomic mass is 35.5. The highest BCUT2D eigenvalue weighted by Gasteiger charge is 2.48. The number of quaternary nitrogens is 1. The maximum Gasteiger partial charge on any atom is 0.166 e. The molecule has 5 heteroatoms. The van der Waals surface area contributed by atoms with E-state index in [1.165, 1.54) is 38.8 Å². The van der Waals surface area contributed by atoms with Gasteiger partial charge in [-0.15, -0.1) is 0 Å². The first-order valence-electron chi connectivity index (χ1n) is 9.23. The lowest BCUT2D eigenvalue weighted by atomic mass is 9.86. The molecule has 24 heavy (non-hydrogen) atoms. The van der Waals surface area contributed by atoms with E-state index in [0.29, 0.717) is 40.6 Å². The number of ether oxygens (including phenoxy) is 1. The Bertz CT molecular complexity index is 664. The van der Waals surface area contributed by atoms with E-state index >= 15 is 0 Å². The van der Waals surface area contributed by atoms with Gasteiger partial charge in [-0.2, -0.15) is 0 Å². The van der Waals surface area contributed by atoms with E-state index < -0.39 is 0 Å². The zero-order valence-corrected chi connectivity index (χ0v) is 14.9. The summed E-state index contributed by atoms with van der Waals surface area (Å²) in [6, 6.07) is 1.72. The van der Waals surface area contributed by atoms with Gasteiger partial charge in [-0.3, -0.25) is 4.79 Å². The summed E-state index contributed by atoms with van der Waals surface area (Å²) in [5, 5.41) is 0.481. The molecule has 1 aromatic carbocycles. The van der Waals surface area contributed by atoms with Crippen molar-refractivity contribution >= 4 is 23.1 Å². The molecule has 0 aliphatic carbocycles. The van der Waals surface area contributed by atoms with Gasteiger partial charge in [0.2, 0.25) is 0 Å². The molecule has 2 fully saturated rings. The quantitative estimate of drug-likeness (QED) is 0.648. The number of rotatable bonds is 4. The second-order valence-corrected chi connectivity index (χ2v) is 8.00. The SMILES string of the molecule is Nc1c(Cl)cc(C(=O)CCC23CCC[NH+]2CCC3)c2c1CCCO2. The molecule has 0 radical (unpaired) electrons. The van der Waals surface area contributed by atoms with Gasteiger partial charge in [0.1, 0.15) is 5.75 Å². The Balaban J connectivity index is 1.56. The molecule has 0 atom stereocenters. The zero-order valence-electron chi connectivity index (χ0n) is 14.1. The number of hydrogen-bond donors (Lipinski definition) is 2. The summed E-state index contributed by atoms with van der Waals surface area (Å²) in [7, 11) is 0. The van der Waals surface area contributed by atoms with Crippen molar-refractivity contribution in [3.8, 4) is 5.75 Å². The van der Waals surface area contributed by atoms with Crippen LogP contribution in [0.1, 0.15) is 60.9 Å². The summed E-state index contributed by atoms with van der Waals surface area (Å²) in [5.41, 5.74) is 8.57. The molecule has 4 nitrogen and oxygen atoms in total. The lowest BCUT2D eigenvalue weighted by molar-refractivity contribution is -0.926. The fourth-order valence-electron chi connectivity index (χ4n) is 5.07. The van der Waals surface area contributed by atoms with Gasteiger partial charge >= 0.3 is 0 Å². The second kappa shape index (κ2) is 6.23. The van der Waals surface area contributed by atoms with Crippen LogP contribution in [0, 0.1) is 0 Å². The smallest absolute Gasteiger partial charge is 0.166 e. The van der Waals surface area contributed by atoms with Gasteiger partial charge in [-0.25, -0.2) is 0 Å². The monoisotopic (exact) mass is 349 g/mol. The number of anilines is 1. The number of benzene rings is 1. The number of fused-ring (bicyclic) bond motifs is 2. The Morgan fingerprint density at radius 2 is 2.04 bits per heavy atom. The molecule has 0 aromatic heterocycles. The maximum absolute atomic E-state index is 12.9. The molecule has 0 amide bonds. The van der Waals surface area contributed by atoms with Crippen LogP contribution in [0.15, 0.2) is 6.07 Å². The van der Waals surface area contributed by atoms with Crippen LogP contribution in [0.5, 0.6) is 5.75 Å². The van der Waals surface area contributed by atoms with E-state index in [1.54, 1.807) is 11.0 Å². The molecule has 2 saturated heterocycles. The van der Waals surface area contributed by atoms with Crippen molar-refractivity contribution in [3.05, 3.63) is 22.2 Å². The van der Waals surface area contributed by atoms with Gasteiger partial charge in [0.25, 0.3) is 0 Å². The lowest BCUT2D eigenvalue weighted by Gasteiger charge is -2.28. The molecular formula is C19H26ClN2O2+. The van der Waals surface area contributed by atoms with Gasteiger partial charge in [-0.1, -0.05) is 11.6 Å². The second-order valence-electron chi connectivity index (χ2n) is 7.59. The van der Waals surface area contributed by atoms with Crippen molar-refractivity contribution in [1.29, 1.82) is 0 Å². The van der Waals surface area contributed by atoms with E-state index in [1.807, 2.05) is 0 Å². The molecule has 0 saturated carbocycles. The highest BCUT2D eigenvalue weighted by molar-refractivity contribution is 6.33. The standard InChI is InChI=1S/C19H25ClN2O2/c20-15-12-14(18-13(17(15)21)4-1-11-24-18)16(23)5-8-19-6-2-9-22(19)10-3-7-19/h12H,1-11,21H2/p+1. The average molecular weight is 350 g/mol. The van der Waals surface area contributed by atoms with Crippen molar-refractivity contribution in [1.82, 2.24) is 0 Å². The van der Waals surface area contributed by atoms with Crippen molar-refractivity contribution in [2.24, 2.45) is 0 Å². The van der Waals surface area contributed by atoms with Crippen LogP contribution in [0.3, 0.4) is 0 Å². The number of carbonyl (C=O) groups excluding carboxylic acids is 1. The van der Waals surface area contributed by atoms with Crippen molar-refractivity contribution in [3.63, 3.8) is 0 Å². The first-order valence-corrected chi connectivity index (χ1v) is 9.60. The van der Waals surface area contributed by atoms with Crippen LogP contribution < -0.4 is 15.4 Å². The Labute approximate surface area is 148 Å². The lowest BCUT2D eigenvalue weighted by Crippen LogP contribution is -3.15. The topological polar surface area (TPSA) is 56.8 Å². The molecule has 4 rings (SSSR count). The first-order chi connectivity index (χ1) is 11.6. The van der Waals surface area contributed by atoms with E-state index in [0.717, 1.165) is 24.8 Å². The number of halogens is 1. The van der Waals surface area contributed by atoms with E-state index in [-0.39, 0.29) is 5.78 Å². The third-order valence-electron chi connectivity index (χ3n) is 6.34. The number of carbonyl (C=O) groups is 1. The number of nitrogens with two attached hydrogens (primary N) is 1. The van der Waals surface area contributed by atoms with Crippen LogP contribution in [0.2, 0.25) is 5.02 Å². The number of nitrogens with one attached hydrogen (secondary N) is 1. The van der Waals surface area contributed by atoms with Crippen molar-refractivity contribution in [2.45, 2.75) is 56.9 Å². The minimum absolute atomic E-state index is 0.155. The van der Waals surface area contributed by atoms with Crippen LogP contribution in [-0.2, 0) is 6.42 Å². The van der Waals surface area contributed by atoms with E-state index in [2.05, 4.69) is 0 Å². The summed E-state index contributed by atoms with van der Waals surface area (Å²) >= 11 is 6.27. The van der Waals surface area contributed by atoms with Gasteiger partial charge in [0.05, 0.1) is 41.5 Å². The van der Waals surface area contributed by atoms with Gasteiger partial charge in [-0.05, 0) is 18.9 Å². The van der Waals surface area contributed by atoms with Gasteiger partial charge < -0.3 is 15.4 Å². The first kappa shape index (κ1) is 16.2. The van der Waals surface area contributed by atoms with Gasteiger partial charge in [0, 0.05) is 44.1 Å². The number of nitrogen functional groups attached to an aromatic ring is 1. The summed E-state index contributed by atoms with van der Waals surface area (Å²) in [5.74, 6) is 0.843. The van der Waals surface area contributed by atoms with Crippen LogP contribution >= 0.6 is 11.6 Å². The molecular weight excluding hydrogens is 324 g/mol. The summed E-state index contributed by atoms with van der Waals surface area (Å²) in [6.07, 6.45) is 8.47. The normalized spacial score (nSPS) is 28.3. The molecule has 3 aliphatic heterocycles. The van der Waals surface area contributed by atoms with Crippen molar-refractivity contribution < 1.29 is 14.4 Å². The molecule has 3 heterocycles. The maximum atomic E-state index is 12.9. The molecule has 0 spiro atoms. The molecule has 0 unspecified atom stereocenters. The average Bonchev–Trinajstić information content (AvgIpc) is 3.16. The molecule has 130 valence electrons. The number of ketones is 1. The largest absolute Gasteiger partial charge is 0.492 e. The predicted molar refractivity (Wildman–Crippen MR) is 95.1 cm³/mol. The Hall–Kier alpha value is -1.26.